The Bertz CT molecular complexity index is 1180. The van der Waals surface area contributed by atoms with Crippen LogP contribution in [-0.2, 0) is 25.8 Å². The second-order valence-electron chi connectivity index (χ2n) is 7.99. The molecule has 1 N–H and O–H groups in total. The number of thioether (sulfide) groups is 1. The van der Waals surface area contributed by atoms with Crippen LogP contribution in [-0.4, -0.2) is 34.0 Å². The Balaban J connectivity index is 1.81. The van der Waals surface area contributed by atoms with Gasteiger partial charge in [0.1, 0.15) is 5.75 Å². The first-order chi connectivity index (χ1) is 15.6. The minimum absolute atomic E-state index is 0.0370. The molecule has 0 fully saturated rings. The van der Waals surface area contributed by atoms with Crippen molar-refractivity contribution >= 4 is 51.9 Å². The number of anilines is 1. The Morgan fingerprint density at radius 1 is 1.21 bits per heavy atom. The van der Waals surface area contributed by atoms with Gasteiger partial charge in [-0.1, -0.05) is 29.8 Å². The second-order valence-corrected chi connectivity index (χ2v) is 9.61. The van der Waals surface area contributed by atoms with Gasteiger partial charge in [-0.3, -0.25) is 14.4 Å². The Hall–Kier alpha value is -3.04. The van der Waals surface area contributed by atoms with Gasteiger partial charge < -0.3 is 15.0 Å². The molecule has 3 amide bonds. The zero-order valence-corrected chi connectivity index (χ0v) is 20.2. The highest BCUT2D eigenvalue weighted by molar-refractivity contribution is 8.15. The van der Waals surface area contributed by atoms with Crippen LogP contribution in [0.2, 0.25) is 5.02 Å². The maximum atomic E-state index is 14.0. The highest BCUT2D eigenvalue weighted by Crippen LogP contribution is 2.55. The van der Waals surface area contributed by atoms with E-state index in [2.05, 4.69) is 10.4 Å². The molecule has 4 rings (SSSR count). The topological polar surface area (TPSA) is 91.3 Å². The van der Waals surface area contributed by atoms with Crippen molar-refractivity contribution in [2.75, 3.05) is 4.90 Å². The molecule has 0 unspecified atom stereocenters. The molecule has 0 aliphatic carbocycles. The van der Waals surface area contributed by atoms with Crippen molar-refractivity contribution in [3.05, 3.63) is 58.6 Å². The number of fused-ring (bicyclic) bond motifs is 2. The van der Waals surface area contributed by atoms with Gasteiger partial charge in [-0.2, -0.15) is 5.01 Å². The minimum Gasteiger partial charge on any atom is -0.491 e. The highest BCUT2D eigenvalue weighted by atomic mass is 35.5. The minimum atomic E-state index is -1.50. The van der Waals surface area contributed by atoms with Gasteiger partial charge >= 0.3 is 0 Å². The zero-order chi connectivity index (χ0) is 23.9. The Morgan fingerprint density at radius 2 is 1.94 bits per heavy atom. The molecule has 172 valence electrons. The van der Waals surface area contributed by atoms with E-state index in [1.165, 1.54) is 13.8 Å². The standard InChI is InChI=1S/C23H23ClN4O4S/c1-13(2)32-20-8-6-5-7-16(20)12-27-19-10-9-17(24)11-18(19)23(21(27)31)28(15(4)30)26-22(33-23)25-14(3)29/h5-11,13H,12H2,1-4H3,(H,25,26,29)/t23-/m0/s1. The van der Waals surface area contributed by atoms with Gasteiger partial charge in [-0.15, -0.1) is 5.10 Å². The molecule has 2 heterocycles. The molecule has 2 aromatic rings. The van der Waals surface area contributed by atoms with Crippen LogP contribution >= 0.6 is 23.4 Å². The fourth-order valence-electron chi connectivity index (χ4n) is 3.91. The summed E-state index contributed by atoms with van der Waals surface area (Å²) in [5.74, 6) is -0.472. The highest BCUT2D eigenvalue weighted by Gasteiger charge is 2.61. The lowest BCUT2D eigenvalue weighted by atomic mass is 10.1. The van der Waals surface area contributed by atoms with Crippen LogP contribution in [0.15, 0.2) is 47.6 Å². The molecule has 2 aromatic carbocycles. The molecule has 0 radical (unpaired) electrons. The molecular weight excluding hydrogens is 464 g/mol. The fraction of sp³-hybridized carbons (Fsp3) is 0.304. The number of amides is 3. The molecule has 2 aliphatic rings. The molecule has 1 atom stereocenters. The third kappa shape index (κ3) is 4.06. The molecule has 1 spiro atoms. The van der Waals surface area contributed by atoms with Gasteiger partial charge in [-0.05, 0) is 49.9 Å². The number of rotatable bonds is 4. The molecule has 0 bridgehead atoms. The number of benzene rings is 2. The van der Waals surface area contributed by atoms with Crippen LogP contribution in [0.4, 0.5) is 5.69 Å². The van der Waals surface area contributed by atoms with E-state index in [0.717, 1.165) is 22.3 Å². The normalized spacial score (nSPS) is 19.2. The summed E-state index contributed by atoms with van der Waals surface area (Å²) in [7, 11) is 0. The number of nitrogens with one attached hydrogen (secondary N) is 1. The summed E-state index contributed by atoms with van der Waals surface area (Å²) in [6, 6.07) is 12.6. The van der Waals surface area contributed by atoms with E-state index in [4.69, 9.17) is 16.3 Å². The van der Waals surface area contributed by atoms with Gasteiger partial charge in [0.25, 0.3) is 5.91 Å². The summed E-state index contributed by atoms with van der Waals surface area (Å²) in [5, 5.41) is 8.56. The number of hydrazone groups is 1. The number of para-hydroxylation sites is 1. The van der Waals surface area contributed by atoms with Gasteiger partial charge in [0.05, 0.1) is 18.3 Å². The summed E-state index contributed by atoms with van der Waals surface area (Å²) in [5.41, 5.74) is 1.96. The van der Waals surface area contributed by atoms with Gasteiger partial charge in [0.2, 0.25) is 16.7 Å². The SMILES string of the molecule is CC(=O)NC1=NN(C(C)=O)[C@@]2(S1)C(=O)N(Cc1ccccc1OC(C)C)c1ccc(Cl)cc12. The first-order valence-corrected chi connectivity index (χ1v) is 11.6. The summed E-state index contributed by atoms with van der Waals surface area (Å²) in [6.07, 6.45) is -0.0370. The molecule has 0 saturated carbocycles. The summed E-state index contributed by atoms with van der Waals surface area (Å²) in [6.45, 7) is 6.76. The summed E-state index contributed by atoms with van der Waals surface area (Å²) in [4.78, 5) is 38.4. The fourth-order valence-corrected chi connectivity index (χ4v) is 5.41. The number of halogens is 1. The molecule has 0 saturated heterocycles. The second kappa shape index (κ2) is 8.72. The molecule has 8 nitrogen and oxygen atoms in total. The smallest absolute Gasteiger partial charge is 0.271 e. The van der Waals surface area contributed by atoms with Crippen LogP contribution < -0.4 is 15.0 Å². The van der Waals surface area contributed by atoms with E-state index in [1.807, 2.05) is 38.1 Å². The lowest BCUT2D eigenvalue weighted by Crippen LogP contribution is -2.48. The van der Waals surface area contributed by atoms with Crippen molar-refractivity contribution in [3.63, 3.8) is 0 Å². The van der Waals surface area contributed by atoms with Crippen molar-refractivity contribution in [2.45, 2.75) is 45.2 Å². The number of carbonyl (C=O) groups excluding carboxylic acids is 3. The van der Waals surface area contributed by atoms with Gasteiger partial charge in [-0.25, -0.2) is 0 Å². The molecule has 33 heavy (non-hydrogen) atoms. The quantitative estimate of drug-likeness (QED) is 0.709. The first-order valence-electron chi connectivity index (χ1n) is 10.4. The van der Waals surface area contributed by atoms with Crippen molar-refractivity contribution in [1.82, 2.24) is 10.3 Å². The average Bonchev–Trinajstić information content (AvgIpc) is 3.21. The van der Waals surface area contributed by atoms with Crippen LogP contribution in [0, 0.1) is 0 Å². The Labute approximate surface area is 200 Å². The molecule has 0 aromatic heterocycles. The number of carbonyl (C=O) groups is 3. The molecule has 10 heteroatoms. The van der Waals surface area contributed by atoms with Gasteiger partial charge in [0, 0.05) is 30.0 Å². The van der Waals surface area contributed by atoms with Crippen molar-refractivity contribution in [1.29, 1.82) is 0 Å². The summed E-state index contributed by atoms with van der Waals surface area (Å²) < 4.78 is 5.94. The Kier molecular flexibility index (Phi) is 6.11. The Morgan fingerprint density at radius 3 is 2.61 bits per heavy atom. The predicted molar refractivity (Wildman–Crippen MR) is 128 cm³/mol. The van der Waals surface area contributed by atoms with Crippen LogP contribution in [0.5, 0.6) is 5.75 Å². The number of ether oxygens (including phenoxy) is 1. The van der Waals surface area contributed by atoms with E-state index < -0.39 is 10.8 Å². The maximum absolute atomic E-state index is 14.0. The van der Waals surface area contributed by atoms with E-state index >= 15 is 0 Å². The van der Waals surface area contributed by atoms with Crippen molar-refractivity contribution in [2.24, 2.45) is 5.10 Å². The van der Waals surface area contributed by atoms with E-state index in [-0.39, 0.29) is 29.6 Å². The lowest BCUT2D eigenvalue weighted by Gasteiger charge is -2.29. The number of hydrogen-bond donors (Lipinski definition) is 1. The molecule has 2 aliphatic heterocycles. The lowest BCUT2D eigenvalue weighted by molar-refractivity contribution is -0.139. The van der Waals surface area contributed by atoms with Gasteiger partial charge in [0.15, 0.2) is 5.17 Å². The van der Waals surface area contributed by atoms with Crippen LogP contribution in [0.3, 0.4) is 0 Å². The van der Waals surface area contributed by atoms with Crippen molar-refractivity contribution < 1.29 is 19.1 Å². The third-order valence-electron chi connectivity index (χ3n) is 5.13. The van der Waals surface area contributed by atoms with Crippen LogP contribution in [0.1, 0.15) is 38.8 Å². The van der Waals surface area contributed by atoms with Crippen LogP contribution in [0.25, 0.3) is 0 Å². The monoisotopic (exact) mass is 486 g/mol. The third-order valence-corrected chi connectivity index (χ3v) is 6.60. The number of nitrogens with zero attached hydrogens (tertiary/aromatic N) is 3. The predicted octanol–water partition coefficient (Wildman–Crippen LogP) is 3.83. The first kappa shape index (κ1) is 23.1. The number of amidine groups is 1. The van der Waals surface area contributed by atoms with E-state index in [9.17, 15) is 14.4 Å². The average molecular weight is 487 g/mol. The maximum Gasteiger partial charge on any atom is 0.271 e. The van der Waals surface area contributed by atoms with E-state index in [1.54, 1.807) is 23.1 Å². The largest absolute Gasteiger partial charge is 0.491 e. The zero-order valence-electron chi connectivity index (χ0n) is 18.6. The summed E-state index contributed by atoms with van der Waals surface area (Å²) >= 11 is 7.32. The van der Waals surface area contributed by atoms with E-state index in [0.29, 0.717) is 22.0 Å². The number of hydrogen-bond acceptors (Lipinski definition) is 6. The van der Waals surface area contributed by atoms with Crippen molar-refractivity contribution in [3.8, 4) is 5.75 Å². The molecular formula is C23H23ClN4O4S.